The summed E-state index contributed by atoms with van der Waals surface area (Å²) in [6, 6.07) is 35.7. The summed E-state index contributed by atoms with van der Waals surface area (Å²) in [5.74, 6) is 0. The highest BCUT2D eigenvalue weighted by Gasteiger charge is 2.20. The number of halogens is 1. The molecule has 2 nitrogen and oxygen atoms in total. The Balaban J connectivity index is 1.75. The number of fused-ring (bicyclic) bond motifs is 2. The van der Waals surface area contributed by atoms with Crippen LogP contribution in [0, 0.1) is 13.8 Å². The molecule has 2 heterocycles. The molecule has 0 aliphatic heterocycles. The van der Waals surface area contributed by atoms with Crippen molar-refractivity contribution in [2.24, 2.45) is 0 Å². The zero-order valence-electron chi connectivity index (χ0n) is 19.6. The zero-order valence-corrected chi connectivity index (χ0v) is 20.3. The first-order valence-electron chi connectivity index (χ1n) is 11.7. The van der Waals surface area contributed by atoms with Crippen LogP contribution in [0.4, 0.5) is 0 Å². The van der Waals surface area contributed by atoms with Crippen LogP contribution in [0.1, 0.15) is 11.1 Å². The van der Waals surface area contributed by atoms with Crippen LogP contribution in [-0.4, -0.2) is 9.97 Å². The first kappa shape index (κ1) is 21.5. The molecule has 0 aliphatic carbocycles. The van der Waals surface area contributed by atoms with Gasteiger partial charge in [-0.1, -0.05) is 95.5 Å². The van der Waals surface area contributed by atoms with Crippen LogP contribution >= 0.6 is 11.6 Å². The van der Waals surface area contributed by atoms with Gasteiger partial charge in [0.25, 0.3) is 0 Å². The molecular weight excluding hydrogens is 448 g/mol. The van der Waals surface area contributed by atoms with Crippen molar-refractivity contribution in [1.82, 2.24) is 9.97 Å². The number of pyridine rings is 2. The summed E-state index contributed by atoms with van der Waals surface area (Å²) in [4.78, 5) is 9.93. The molecule has 6 aromatic rings. The van der Waals surface area contributed by atoms with Crippen molar-refractivity contribution in [3.63, 3.8) is 0 Å². The fraction of sp³-hybridized carbons (Fsp3) is 0.0625. The molecule has 0 saturated heterocycles. The maximum absolute atomic E-state index is 6.96. The third-order valence-electron chi connectivity index (χ3n) is 6.46. The number of aryl methyl sites for hydroxylation is 2. The number of nitrogens with zero attached hydrogens (tertiary/aromatic N) is 2. The van der Waals surface area contributed by atoms with E-state index in [9.17, 15) is 0 Å². The van der Waals surface area contributed by atoms with E-state index in [1.165, 1.54) is 11.1 Å². The summed E-state index contributed by atoms with van der Waals surface area (Å²) in [6.07, 6.45) is 0. The lowest BCUT2D eigenvalue weighted by molar-refractivity contribution is 1.34. The van der Waals surface area contributed by atoms with Crippen LogP contribution in [0.2, 0.25) is 5.15 Å². The van der Waals surface area contributed by atoms with Crippen LogP contribution in [0.25, 0.3) is 55.3 Å². The minimum atomic E-state index is 0.457. The van der Waals surface area contributed by atoms with E-state index in [2.05, 4.69) is 98.8 Å². The maximum atomic E-state index is 6.96. The van der Waals surface area contributed by atoms with Gasteiger partial charge in [0.1, 0.15) is 5.15 Å². The van der Waals surface area contributed by atoms with Gasteiger partial charge >= 0.3 is 0 Å². The van der Waals surface area contributed by atoms with E-state index in [0.717, 1.165) is 55.3 Å². The molecule has 0 amide bonds. The molecule has 0 unspecified atom stereocenters. The van der Waals surface area contributed by atoms with E-state index in [1.54, 1.807) is 0 Å². The zero-order chi connectivity index (χ0) is 23.9. The Hall–Kier alpha value is -4.01. The topological polar surface area (TPSA) is 25.8 Å². The van der Waals surface area contributed by atoms with Gasteiger partial charge in [-0.05, 0) is 60.9 Å². The first-order valence-corrected chi connectivity index (χ1v) is 12.1. The minimum absolute atomic E-state index is 0.457. The van der Waals surface area contributed by atoms with Gasteiger partial charge in [-0.2, -0.15) is 0 Å². The van der Waals surface area contributed by atoms with Crippen molar-refractivity contribution in [2.75, 3.05) is 0 Å². The molecule has 3 heteroatoms. The Kier molecular flexibility index (Phi) is 5.32. The Morgan fingerprint density at radius 1 is 0.543 bits per heavy atom. The fourth-order valence-corrected chi connectivity index (χ4v) is 5.09. The molecule has 0 radical (unpaired) electrons. The molecule has 0 spiro atoms. The Morgan fingerprint density at radius 3 is 1.77 bits per heavy atom. The highest BCUT2D eigenvalue weighted by atomic mass is 35.5. The van der Waals surface area contributed by atoms with E-state index in [1.807, 2.05) is 18.2 Å². The average Bonchev–Trinajstić information content (AvgIpc) is 2.88. The van der Waals surface area contributed by atoms with Crippen LogP contribution in [0.3, 0.4) is 0 Å². The number of hydrogen-bond acceptors (Lipinski definition) is 2. The van der Waals surface area contributed by atoms with Crippen molar-refractivity contribution in [2.45, 2.75) is 13.8 Å². The lowest BCUT2D eigenvalue weighted by Crippen LogP contribution is -1.97. The number of benzene rings is 4. The second-order valence-corrected chi connectivity index (χ2v) is 9.34. The first-order chi connectivity index (χ1) is 17.1. The van der Waals surface area contributed by atoms with Gasteiger partial charge in [0, 0.05) is 21.9 Å². The van der Waals surface area contributed by atoms with E-state index in [4.69, 9.17) is 21.6 Å². The summed E-state index contributed by atoms with van der Waals surface area (Å²) in [7, 11) is 0. The van der Waals surface area contributed by atoms with Gasteiger partial charge in [0.2, 0.25) is 0 Å². The second-order valence-electron chi connectivity index (χ2n) is 8.98. The molecule has 0 aliphatic rings. The largest absolute Gasteiger partial charge is 0.248 e. The number of hydrogen-bond donors (Lipinski definition) is 0. The summed E-state index contributed by atoms with van der Waals surface area (Å²) in [5.41, 5.74) is 10.3. The van der Waals surface area contributed by atoms with E-state index < -0.39 is 0 Å². The molecule has 0 atom stereocenters. The predicted octanol–water partition coefficient (Wildman–Crippen LogP) is 9.05. The lowest BCUT2D eigenvalue weighted by Gasteiger charge is -2.17. The smallest absolute Gasteiger partial charge is 0.139 e. The van der Waals surface area contributed by atoms with E-state index in [0.29, 0.717) is 5.15 Å². The molecule has 0 bridgehead atoms. The molecule has 0 N–H and O–H groups in total. The lowest BCUT2D eigenvalue weighted by atomic mass is 9.92. The highest BCUT2D eigenvalue weighted by molar-refractivity contribution is 6.34. The SMILES string of the molecule is Cc1ccc2nc(-c3c(Cl)nc4ccc(C)cc4c3-c3ccccc3)cc(-c3ccccc3)c2c1. The van der Waals surface area contributed by atoms with Gasteiger partial charge in [0.15, 0.2) is 0 Å². The molecule has 35 heavy (non-hydrogen) atoms. The fourth-order valence-electron chi connectivity index (χ4n) is 4.81. The van der Waals surface area contributed by atoms with Gasteiger partial charge < -0.3 is 0 Å². The quantitative estimate of drug-likeness (QED) is 0.241. The van der Waals surface area contributed by atoms with Gasteiger partial charge in [-0.3, -0.25) is 0 Å². The summed E-state index contributed by atoms with van der Waals surface area (Å²) < 4.78 is 0. The Bertz CT molecular complexity index is 1710. The molecule has 0 fully saturated rings. The van der Waals surface area contributed by atoms with Crippen molar-refractivity contribution < 1.29 is 0 Å². The van der Waals surface area contributed by atoms with Crippen LogP contribution < -0.4 is 0 Å². The maximum Gasteiger partial charge on any atom is 0.139 e. The van der Waals surface area contributed by atoms with Gasteiger partial charge in [0.05, 0.1) is 16.7 Å². The molecule has 6 rings (SSSR count). The number of aromatic nitrogens is 2. The molecule has 4 aromatic carbocycles. The van der Waals surface area contributed by atoms with Crippen LogP contribution in [0.15, 0.2) is 103 Å². The standard InChI is InChI=1S/C32H23ClN2/c1-20-13-15-27-25(17-20)24(22-9-5-3-6-10-22)19-29(34-27)31-30(23-11-7-4-8-12-23)26-18-21(2)14-16-28(26)35-32(31)33/h3-19H,1-2H3. The Labute approximate surface area is 209 Å². The second kappa shape index (κ2) is 8.65. The van der Waals surface area contributed by atoms with Crippen molar-refractivity contribution >= 4 is 33.4 Å². The molecular formula is C32H23ClN2. The third-order valence-corrected chi connectivity index (χ3v) is 6.74. The van der Waals surface area contributed by atoms with Crippen molar-refractivity contribution in [3.05, 3.63) is 119 Å². The normalized spacial score (nSPS) is 11.3. The van der Waals surface area contributed by atoms with Crippen molar-refractivity contribution in [1.29, 1.82) is 0 Å². The Morgan fingerprint density at radius 2 is 1.11 bits per heavy atom. The summed E-state index contributed by atoms with van der Waals surface area (Å²) in [6.45, 7) is 4.22. The molecule has 168 valence electrons. The summed E-state index contributed by atoms with van der Waals surface area (Å²) in [5, 5.41) is 2.66. The summed E-state index contributed by atoms with van der Waals surface area (Å²) >= 11 is 6.96. The highest BCUT2D eigenvalue weighted by Crippen LogP contribution is 2.43. The average molecular weight is 471 g/mol. The van der Waals surface area contributed by atoms with Gasteiger partial charge in [-0.25, -0.2) is 9.97 Å². The molecule has 2 aromatic heterocycles. The van der Waals surface area contributed by atoms with E-state index >= 15 is 0 Å². The third kappa shape index (κ3) is 3.86. The van der Waals surface area contributed by atoms with Crippen molar-refractivity contribution in [3.8, 4) is 33.5 Å². The van der Waals surface area contributed by atoms with Crippen LogP contribution in [0.5, 0.6) is 0 Å². The van der Waals surface area contributed by atoms with Gasteiger partial charge in [-0.15, -0.1) is 0 Å². The monoisotopic (exact) mass is 470 g/mol. The minimum Gasteiger partial charge on any atom is -0.248 e. The predicted molar refractivity (Wildman–Crippen MR) is 148 cm³/mol. The molecule has 0 saturated carbocycles. The van der Waals surface area contributed by atoms with Crippen LogP contribution in [-0.2, 0) is 0 Å². The van der Waals surface area contributed by atoms with E-state index in [-0.39, 0.29) is 0 Å². The number of rotatable bonds is 3.